The van der Waals surface area contributed by atoms with Gasteiger partial charge >= 0.3 is 5.97 Å². The van der Waals surface area contributed by atoms with Gasteiger partial charge in [-0.1, -0.05) is 23.7 Å². The van der Waals surface area contributed by atoms with E-state index in [2.05, 4.69) is 0 Å². The van der Waals surface area contributed by atoms with Crippen molar-refractivity contribution in [3.8, 4) is 0 Å². The molecule has 2 fully saturated rings. The molecule has 1 N–H and O–H groups in total. The number of amides is 1. The molecule has 1 aromatic rings. The summed E-state index contributed by atoms with van der Waals surface area (Å²) in [6.07, 6.45) is 2.65. The van der Waals surface area contributed by atoms with Gasteiger partial charge in [0.25, 0.3) is 0 Å². The van der Waals surface area contributed by atoms with E-state index in [1.54, 1.807) is 4.90 Å². The Bertz CT molecular complexity index is 597. The van der Waals surface area contributed by atoms with E-state index in [4.69, 9.17) is 11.6 Å². The lowest BCUT2D eigenvalue weighted by atomic mass is 9.84. The molecule has 5 heteroatoms. The monoisotopic (exact) mass is 307 g/mol. The number of carbonyl (C=O) groups excluding carboxylic acids is 1. The van der Waals surface area contributed by atoms with Gasteiger partial charge in [0.1, 0.15) is 0 Å². The zero-order chi connectivity index (χ0) is 15.1. The zero-order valence-electron chi connectivity index (χ0n) is 11.9. The van der Waals surface area contributed by atoms with Crippen LogP contribution in [-0.2, 0) is 9.59 Å². The minimum Gasteiger partial charge on any atom is -0.481 e. The molecule has 0 spiro atoms. The average Bonchev–Trinajstić information content (AvgIpc) is 3.25. The Balaban J connectivity index is 2.03. The molecule has 1 amide bonds. The van der Waals surface area contributed by atoms with Crippen LogP contribution in [0.5, 0.6) is 0 Å². The second-order valence-corrected chi connectivity index (χ2v) is 6.38. The van der Waals surface area contributed by atoms with E-state index in [1.165, 1.54) is 0 Å². The number of hydrogen-bond acceptors (Lipinski definition) is 2. The van der Waals surface area contributed by atoms with Crippen LogP contribution in [0.1, 0.15) is 42.9 Å². The molecule has 4 nitrogen and oxygen atoms in total. The number of halogens is 1. The number of likely N-dealkylation sites (tertiary alicyclic amines) is 1. The minimum absolute atomic E-state index is 0.0664. The molecule has 1 aliphatic heterocycles. The Morgan fingerprint density at radius 1 is 1.33 bits per heavy atom. The summed E-state index contributed by atoms with van der Waals surface area (Å²) in [5.41, 5.74) is 1.78. The van der Waals surface area contributed by atoms with Crippen LogP contribution >= 0.6 is 11.6 Å². The first-order valence-corrected chi connectivity index (χ1v) is 7.67. The number of benzene rings is 1. The van der Waals surface area contributed by atoms with Gasteiger partial charge in [-0.15, -0.1) is 0 Å². The number of carboxylic acid groups (broad SMARTS) is 1. The molecule has 2 aliphatic rings. The van der Waals surface area contributed by atoms with Gasteiger partial charge in [0.15, 0.2) is 0 Å². The molecule has 3 rings (SSSR count). The normalized spacial score (nSPS) is 26.0. The van der Waals surface area contributed by atoms with Gasteiger partial charge in [0, 0.05) is 17.5 Å². The minimum atomic E-state index is -0.838. The second kappa shape index (κ2) is 5.34. The number of aliphatic carboxylic acids is 1. The topological polar surface area (TPSA) is 57.6 Å². The third-order valence-corrected chi connectivity index (χ3v) is 4.84. The van der Waals surface area contributed by atoms with Crippen LogP contribution in [-0.4, -0.2) is 27.9 Å². The molecule has 0 aromatic heterocycles. The smallest absolute Gasteiger partial charge is 0.308 e. The maximum absolute atomic E-state index is 12.3. The first-order valence-electron chi connectivity index (χ1n) is 7.29. The van der Waals surface area contributed by atoms with Gasteiger partial charge < -0.3 is 10.0 Å². The molecule has 1 aromatic carbocycles. The fourth-order valence-corrected chi connectivity index (χ4v) is 3.33. The van der Waals surface area contributed by atoms with Crippen LogP contribution in [0, 0.1) is 12.8 Å². The molecule has 21 heavy (non-hydrogen) atoms. The Labute approximate surface area is 128 Å². The molecular formula is C16H18ClNO3. The van der Waals surface area contributed by atoms with Crippen molar-refractivity contribution < 1.29 is 14.7 Å². The van der Waals surface area contributed by atoms with Crippen LogP contribution in [0.25, 0.3) is 0 Å². The van der Waals surface area contributed by atoms with Crippen LogP contribution in [0.3, 0.4) is 0 Å². The van der Waals surface area contributed by atoms with Gasteiger partial charge in [0.2, 0.25) is 5.91 Å². The number of nitrogens with zero attached hydrogens (tertiary/aromatic N) is 1. The molecule has 0 radical (unpaired) electrons. The second-order valence-electron chi connectivity index (χ2n) is 5.97. The number of rotatable bonds is 3. The first-order chi connectivity index (χ1) is 9.99. The molecular weight excluding hydrogens is 290 g/mol. The van der Waals surface area contributed by atoms with E-state index in [0.717, 1.165) is 24.0 Å². The maximum Gasteiger partial charge on any atom is 0.308 e. The molecule has 1 saturated carbocycles. The van der Waals surface area contributed by atoms with Crippen molar-refractivity contribution in [1.29, 1.82) is 0 Å². The highest BCUT2D eigenvalue weighted by Crippen LogP contribution is 2.44. The summed E-state index contributed by atoms with van der Waals surface area (Å²) < 4.78 is 0. The average molecular weight is 308 g/mol. The van der Waals surface area contributed by atoms with Gasteiger partial charge in [0.05, 0.1) is 12.0 Å². The van der Waals surface area contributed by atoms with E-state index in [1.807, 2.05) is 25.1 Å². The number of aryl methyl sites for hydroxylation is 1. The predicted molar refractivity (Wildman–Crippen MR) is 79.2 cm³/mol. The fraction of sp³-hybridized carbons (Fsp3) is 0.500. The van der Waals surface area contributed by atoms with Crippen LogP contribution in [0.15, 0.2) is 18.2 Å². The van der Waals surface area contributed by atoms with Crippen molar-refractivity contribution in [1.82, 2.24) is 4.90 Å². The highest BCUT2D eigenvalue weighted by atomic mass is 35.5. The largest absolute Gasteiger partial charge is 0.481 e. The van der Waals surface area contributed by atoms with Crippen LogP contribution in [0.2, 0.25) is 5.02 Å². The standard InChI is InChI=1S/C16H18ClNO3/c1-9-2-3-10(8-13(9)17)15-12(16(20)21)6-7-14(19)18(15)11-4-5-11/h2-3,8,11-12,15H,4-7H2,1H3,(H,20,21). The molecule has 1 heterocycles. The van der Waals surface area contributed by atoms with Gasteiger partial charge in [-0.2, -0.15) is 0 Å². The summed E-state index contributed by atoms with van der Waals surface area (Å²) in [4.78, 5) is 25.7. The van der Waals surface area contributed by atoms with Crippen molar-refractivity contribution in [3.63, 3.8) is 0 Å². The lowest BCUT2D eigenvalue weighted by molar-refractivity contribution is -0.152. The van der Waals surface area contributed by atoms with E-state index in [-0.39, 0.29) is 11.9 Å². The Hall–Kier alpha value is -1.55. The zero-order valence-corrected chi connectivity index (χ0v) is 12.6. The summed E-state index contributed by atoms with van der Waals surface area (Å²) in [6, 6.07) is 5.40. The quantitative estimate of drug-likeness (QED) is 0.933. The molecule has 2 unspecified atom stereocenters. The van der Waals surface area contributed by atoms with Crippen molar-refractivity contribution >= 4 is 23.5 Å². The highest BCUT2D eigenvalue weighted by Gasteiger charge is 2.46. The highest BCUT2D eigenvalue weighted by molar-refractivity contribution is 6.31. The van der Waals surface area contributed by atoms with Gasteiger partial charge in [-0.05, 0) is 43.4 Å². The molecule has 112 valence electrons. The van der Waals surface area contributed by atoms with Gasteiger partial charge in [-0.25, -0.2) is 0 Å². The summed E-state index contributed by atoms with van der Waals surface area (Å²) in [5, 5.41) is 10.1. The van der Waals surface area contributed by atoms with E-state index in [0.29, 0.717) is 17.9 Å². The number of carboxylic acids is 1. The number of carbonyl (C=O) groups is 2. The van der Waals surface area contributed by atoms with Crippen molar-refractivity contribution in [2.45, 2.75) is 44.7 Å². The number of piperidine rings is 1. The molecule has 1 saturated heterocycles. The Morgan fingerprint density at radius 2 is 2.05 bits per heavy atom. The maximum atomic E-state index is 12.3. The lowest BCUT2D eigenvalue weighted by Crippen LogP contribution is -2.46. The molecule has 1 aliphatic carbocycles. The Kier molecular flexibility index (Phi) is 3.66. The molecule has 0 bridgehead atoms. The number of hydrogen-bond donors (Lipinski definition) is 1. The summed E-state index contributed by atoms with van der Waals surface area (Å²) >= 11 is 6.19. The third-order valence-electron chi connectivity index (χ3n) is 4.43. The van der Waals surface area contributed by atoms with Gasteiger partial charge in [-0.3, -0.25) is 9.59 Å². The lowest BCUT2D eigenvalue weighted by Gasteiger charge is -2.40. The van der Waals surface area contributed by atoms with Crippen LogP contribution in [0.4, 0.5) is 0 Å². The van der Waals surface area contributed by atoms with E-state index >= 15 is 0 Å². The van der Waals surface area contributed by atoms with Crippen molar-refractivity contribution in [2.24, 2.45) is 5.92 Å². The SMILES string of the molecule is Cc1ccc(C2C(C(=O)O)CCC(=O)N2C2CC2)cc1Cl. The van der Waals surface area contributed by atoms with E-state index in [9.17, 15) is 14.7 Å². The third kappa shape index (κ3) is 2.64. The summed E-state index contributed by atoms with van der Waals surface area (Å²) in [6.45, 7) is 1.91. The van der Waals surface area contributed by atoms with Crippen molar-refractivity contribution in [3.05, 3.63) is 34.3 Å². The Morgan fingerprint density at radius 3 is 2.62 bits per heavy atom. The van der Waals surface area contributed by atoms with Crippen LogP contribution < -0.4 is 0 Å². The van der Waals surface area contributed by atoms with E-state index < -0.39 is 17.9 Å². The molecule has 2 atom stereocenters. The first kappa shape index (κ1) is 14.4. The predicted octanol–water partition coefficient (Wildman–Crippen LogP) is 3.18. The summed E-state index contributed by atoms with van der Waals surface area (Å²) in [5.74, 6) is -1.33. The fourth-order valence-electron chi connectivity index (χ4n) is 3.14. The van der Waals surface area contributed by atoms with Crippen molar-refractivity contribution in [2.75, 3.05) is 0 Å². The summed E-state index contributed by atoms with van der Waals surface area (Å²) in [7, 11) is 0.